The molecule has 0 aliphatic carbocycles. The van der Waals surface area contributed by atoms with Crippen LogP contribution in [-0.4, -0.2) is 25.9 Å². The molecule has 6 heteroatoms. The molecule has 0 amide bonds. The van der Waals surface area contributed by atoms with Gasteiger partial charge < -0.3 is 9.94 Å². The van der Waals surface area contributed by atoms with Gasteiger partial charge in [-0.1, -0.05) is 22.0 Å². The van der Waals surface area contributed by atoms with Gasteiger partial charge in [-0.2, -0.15) is 0 Å². The highest BCUT2D eigenvalue weighted by Crippen LogP contribution is 2.21. The van der Waals surface area contributed by atoms with E-state index in [2.05, 4.69) is 15.5 Å². The monoisotopic (exact) mass is 260 g/mol. The number of hydrogen-bond donors (Lipinski definition) is 1. The molecule has 1 N–H and O–H groups in total. The van der Waals surface area contributed by atoms with E-state index in [1.54, 1.807) is 24.9 Å². The van der Waals surface area contributed by atoms with Crippen molar-refractivity contribution in [1.29, 1.82) is 0 Å². The first-order chi connectivity index (χ1) is 9.10. The maximum Gasteiger partial charge on any atom is 0.134 e. The fourth-order valence-corrected chi connectivity index (χ4v) is 1.72. The van der Waals surface area contributed by atoms with Gasteiger partial charge in [0.2, 0.25) is 0 Å². The molecule has 0 saturated carbocycles. The topological polar surface area (TPSA) is 72.5 Å². The molecule has 0 radical (unpaired) electrons. The normalized spacial score (nSPS) is 11.6. The zero-order chi connectivity index (χ0) is 13.8. The van der Waals surface area contributed by atoms with Gasteiger partial charge in [-0.15, -0.1) is 5.10 Å². The first-order valence-corrected chi connectivity index (χ1v) is 5.88. The third-order valence-corrected chi connectivity index (χ3v) is 2.70. The molecule has 1 aromatic carbocycles. The highest BCUT2D eigenvalue weighted by Gasteiger charge is 2.09. The predicted octanol–water partition coefficient (Wildman–Crippen LogP) is 1.90. The van der Waals surface area contributed by atoms with Crippen LogP contribution in [0.4, 0.5) is 0 Å². The van der Waals surface area contributed by atoms with Crippen LogP contribution in [0.5, 0.6) is 5.75 Å². The van der Waals surface area contributed by atoms with Crippen molar-refractivity contribution >= 4 is 5.71 Å². The maximum atomic E-state index is 8.90. The lowest BCUT2D eigenvalue weighted by Gasteiger charge is -2.10. The third kappa shape index (κ3) is 3.09. The number of ether oxygens (including phenoxy) is 1. The molecular formula is C13H16N4O2. The highest BCUT2D eigenvalue weighted by molar-refractivity contribution is 6.00. The molecule has 0 atom stereocenters. The zero-order valence-electron chi connectivity index (χ0n) is 11.2. The number of nitrogens with zero attached hydrogens (tertiary/aromatic N) is 4. The van der Waals surface area contributed by atoms with E-state index in [-0.39, 0.29) is 0 Å². The van der Waals surface area contributed by atoms with Gasteiger partial charge in [0, 0.05) is 12.6 Å². The van der Waals surface area contributed by atoms with Gasteiger partial charge in [0.1, 0.15) is 18.1 Å². The third-order valence-electron chi connectivity index (χ3n) is 2.70. The zero-order valence-corrected chi connectivity index (χ0v) is 11.2. The van der Waals surface area contributed by atoms with Gasteiger partial charge in [0.05, 0.1) is 11.9 Å². The van der Waals surface area contributed by atoms with Crippen molar-refractivity contribution in [2.45, 2.75) is 20.5 Å². The molecule has 2 rings (SSSR count). The smallest absolute Gasteiger partial charge is 0.134 e. The molecule has 0 aliphatic rings. The van der Waals surface area contributed by atoms with Gasteiger partial charge in [-0.3, -0.25) is 4.68 Å². The Morgan fingerprint density at radius 3 is 2.89 bits per heavy atom. The number of aromatic nitrogens is 3. The lowest BCUT2D eigenvalue weighted by molar-refractivity contribution is 0.299. The van der Waals surface area contributed by atoms with Crippen LogP contribution in [0.1, 0.15) is 23.7 Å². The number of oxime groups is 1. The average Bonchev–Trinajstić information content (AvgIpc) is 2.82. The van der Waals surface area contributed by atoms with Gasteiger partial charge in [-0.25, -0.2) is 0 Å². The minimum Gasteiger partial charge on any atom is -0.486 e. The Bertz CT molecular complexity index is 604. The van der Waals surface area contributed by atoms with E-state index in [0.29, 0.717) is 18.1 Å². The lowest BCUT2D eigenvalue weighted by Crippen LogP contribution is -2.03. The summed E-state index contributed by atoms with van der Waals surface area (Å²) in [6.45, 7) is 4.02. The second kappa shape index (κ2) is 5.51. The number of benzene rings is 1. The molecule has 19 heavy (non-hydrogen) atoms. The van der Waals surface area contributed by atoms with Gasteiger partial charge in [-0.05, 0) is 26.0 Å². The van der Waals surface area contributed by atoms with Crippen molar-refractivity contribution < 1.29 is 9.94 Å². The Morgan fingerprint density at radius 2 is 2.26 bits per heavy atom. The van der Waals surface area contributed by atoms with Crippen LogP contribution in [0.25, 0.3) is 0 Å². The molecule has 0 aliphatic heterocycles. The Morgan fingerprint density at radius 1 is 1.47 bits per heavy atom. The van der Waals surface area contributed by atoms with Crippen LogP contribution < -0.4 is 4.74 Å². The maximum absolute atomic E-state index is 8.90. The summed E-state index contributed by atoms with van der Waals surface area (Å²) in [5.74, 6) is 0.659. The Labute approximate surface area is 111 Å². The van der Waals surface area contributed by atoms with Crippen LogP contribution >= 0.6 is 0 Å². The minimum absolute atomic E-state index is 0.322. The van der Waals surface area contributed by atoms with Crippen LogP contribution in [0.15, 0.2) is 29.6 Å². The summed E-state index contributed by atoms with van der Waals surface area (Å²) in [6, 6.07) is 5.72. The fraction of sp³-hybridized carbons (Fsp3) is 0.308. The first kappa shape index (κ1) is 13.1. The average molecular weight is 260 g/mol. The molecule has 6 nitrogen and oxygen atoms in total. The SMILES string of the molecule is C/C(=N/O)c1cc(C)ccc1OCc1cn(C)nn1. The Kier molecular flexibility index (Phi) is 3.79. The molecule has 0 saturated heterocycles. The van der Waals surface area contributed by atoms with E-state index in [4.69, 9.17) is 9.94 Å². The summed E-state index contributed by atoms with van der Waals surface area (Å²) < 4.78 is 7.33. The van der Waals surface area contributed by atoms with E-state index in [0.717, 1.165) is 16.8 Å². The molecule has 1 aromatic heterocycles. The second-order valence-corrected chi connectivity index (χ2v) is 4.36. The standard InChI is InChI=1S/C13H16N4O2/c1-9-4-5-13(12(6-9)10(2)15-18)19-8-11-7-17(3)16-14-11/h4-7,18H,8H2,1-3H3/b15-10-. The molecule has 0 spiro atoms. The number of rotatable bonds is 4. The van der Waals surface area contributed by atoms with Crippen LogP contribution in [-0.2, 0) is 13.7 Å². The van der Waals surface area contributed by atoms with Crippen molar-refractivity contribution in [3.8, 4) is 5.75 Å². The summed E-state index contributed by atoms with van der Waals surface area (Å²) in [6.07, 6.45) is 1.79. The van der Waals surface area contributed by atoms with E-state index < -0.39 is 0 Å². The first-order valence-electron chi connectivity index (χ1n) is 5.88. The molecule has 0 fully saturated rings. The van der Waals surface area contributed by atoms with Crippen molar-refractivity contribution in [2.75, 3.05) is 0 Å². The van der Waals surface area contributed by atoms with Gasteiger partial charge >= 0.3 is 0 Å². The van der Waals surface area contributed by atoms with E-state index >= 15 is 0 Å². The van der Waals surface area contributed by atoms with Gasteiger partial charge in [0.15, 0.2) is 0 Å². The van der Waals surface area contributed by atoms with Crippen LogP contribution in [0.2, 0.25) is 0 Å². The van der Waals surface area contributed by atoms with Gasteiger partial charge in [0.25, 0.3) is 0 Å². The minimum atomic E-state index is 0.322. The summed E-state index contributed by atoms with van der Waals surface area (Å²) in [5, 5.41) is 19.9. The molecule has 0 bridgehead atoms. The summed E-state index contributed by atoms with van der Waals surface area (Å²) in [7, 11) is 1.80. The molecule has 1 heterocycles. The quantitative estimate of drug-likeness (QED) is 0.517. The highest BCUT2D eigenvalue weighted by atomic mass is 16.5. The second-order valence-electron chi connectivity index (χ2n) is 4.36. The summed E-state index contributed by atoms with van der Waals surface area (Å²) in [5.41, 5.74) is 3.10. The summed E-state index contributed by atoms with van der Waals surface area (Å²) in [4.78, 5) is 0. The van der Waals surface area contributed by atoms with Crippen molar-refractivity contribution in [3.63, 3.8) is 0 Å². The largest absolute Gasteiger partial charge is 0.486 e. The van der Waals surface area contributed by atoms with Crippen LogP contribution in [0.3, 0.4) is 0 Å². The molecule has 100 valence electrons. The van der Waals surface area contributed by atoms with Crippen molar-refractivity contribution in [2.24, 2.45) is 12.2 Å². The predicted molar refractivity (Wildman–Crippen MR) is 70.5 cm³/mol. The molecule has 0 unspecified atom stereocenters. The molecule has 2 aromatic rings. The Hall–Kier alpha value is -2.37. The summed E-state index contributed by atoms with van der Waals surface area (Å²) >= 11 is 0. The van der Waals surface area contributed by atoms with E-state index in [1.165, 1.54) is 0 Å². The van der Waals surface area contributed by atoms with Crippen molar-refractivity contribution in [3.05, 3.63) is 41.2 Å². The number of aryl methyl sites for hydroxylation is 2. The lowest BCUT2D eigenvalue weighted by atomic mass is 10.1. The Balaban J connectivity index is 2.20. The van der Waals surface area contributed by atoms with Crippen LogP contribution in [0, 0.1) is 6.92 Å². The van der Waals surface area contributed by atoms with E-state index in [9.17, 15) is 0 Å². The van der Waals surface area contributed by atoms with Crippen molar-refractivity contribution in [1.82, 2.24) is 15.0 Å². The number of hydrogen-bond acceptors (Lipinski definition) is 5. The van der Waals surface area contributed by atoms with E-state index in [1.807, 2.05) is 25.1 Å². The fourth-order valence-electron chi connectivity index (χ4n) is 1.72. The molecular weight excluding hydrogens is 244 g/mol.